The molecule has 0 radical (unpaired) electrons. The lowest BCUT2D eigenvalue weighted by Gasteiger charge is -2.22. The number of hydrogen-bond acceptors (Lipinski definition) is 0. The summed E-state index contributed by atoms with van der Waals surface area (Å²) < 4.78 is 37.1. The van der Waals surface area contributed by atoms with Gasteiger partial charge < -0.3 is 0 Å². The fraction of sp³-hybridized carbons (Fsp3) is 1.00. The molecule has 3 heteroatoms. The zero-order valence-corrected chi connectivity index (χ0v) is 9.49. The van der Waals surface area contributed by atoms with E-state index in [4.69, 9.17) is 0 Å². The van der Waals surface area contributed by atoms with Crippen LogP contribution in [-0.4, -0.2) is 6.18 Å². The van der Waals surface area contributed by atoms with Gasteiger partial charge in [-0.2, -0.15) is 13.2 Å². The molecular weight excluding hydrogens is 189 g/mol. The van der Waals surface area contributed by atoms with E-state index in [1.807, 2.05) is 6.92 Å². The van der Waals surface area contributed by atoms with Gasteiger partial charge >= 0.3 is 6.18 Å². The molecule has 0 N–H and O–H groups in total. The lowest BCUT2D eigenvalue weighted by molar-refractivity contribution is -0.177. The van der Waals surface area contributed by atoms with Gasteiger partial charge in [0.1, 0.15) is 0 Å². The van der Waals surface area contributed by atoms with Crippen molar-refractivity contribution in [2.24, 2.45) is 17.8 Å². The summed E-state index contributed by atoms with van der Waals surface area (Å²) in [6.07, 6.45) is -2.85. The first-order valence-corrected chi connectivity index (χ1v) is 5.35. The first kappa shape index (κ1) is 13.8. The van der Waals surface area contributed by atoms with Crippen molar-refractivity contribution in [2.75, 3.05) is 0 Å². The maximum absolute atomic E-state index is 12.4. The third kappa shape index (κ3) is 4.87. The Morgan fingerprint density at radius 2 is 1.50 bits per heavy atom. The van der Waals surface area contributed by atoms with Gasteiger partial charge in [-0.05, 0) is 31.1 Å². The number of rotatable bonds is 5. The Labute approximate surface area is 84.9 Å². The van der Waals surface area contributed by atoms with E-state index < -0.39 is 12.1 Å². The monoisotopic (exact) mass is 210 g/mol. The van der Waals surface area contributed by atoms with Crippen LogP contribution in [0.2, 0.25) is 0 Å². The third-order valence-electron chi connectivity index (χ3n) is 3.06. The van der Waals surface area contributed by atoms with Crippen molar-refractivity contribution in [3.8, 4) is 0 Å². The minimum Gasteiger partial charge on any atom is -0.171 e. The molecule has 0 rings (SSSR count). The fourth-order valence-electron chi connectivity index (χ4n) is 1.40. The van der Waals surface area contributed by atoms with Crippen LogP contribution in [0, 0.1) is 17.8 Å². The first-order valence-electron chi connectivity index (χ1n) is 5.35. The molecule has 0 aromatic rings. The molecule has 0 fully saturated rings. The number of hydrogen-bond donors (Lipinski definition) is 0. The highest BCUT2D eigenvalue weighted by atomic mass is 19.4. The summed E-state index contributed by atoms with van der Waals surface area (Å²) in [7, 11) is 0. The Morgan fingerprint density at radius 3 is 1.79 bits per heavy atom. The van der Waals surface area contributed by atoms with Crippen LogP contribution in [-0.2, 0) is 0 Å². The van der Waals surface area contributed by atoms with Gasteiger partial charge in [0.05, 0.1) is 5.92 Å². The van der Waals surface area contributed by atoms with Crippen LogP contribution in [0.3, 0.4) is 0 Å². The second-order valence-electron chi connectivity index (χ2n) is 4.45. The molecule has 0 heterocycles. The van der Waals surface area contributed by atoms with Gasteiger partial charge in [0.2, 0.25) is 0 Å². The molecular formula is C11H21F3. The smallest absolute Gasteiger partial charge is 0.171 e. The molecule has 0 aliphatic carbocycles. The Bertz CT molecular complexity index is 149. The summed E-state index contributed by atoms with van der Waals surface area (Å²) in [4.78, 5) is 0. The van der Waals surface area contributed by atoms with E-state index in [1.165, 1.54) is 0 Å². The SMILES string of the molecule is CCC(CCC(C)C(C)C)C(F)(F)F. The van der Waals surface area contributed by atoms with Gasteiger partial charge in [0, 0.05) is 0 Å². The van der Waals surface area contributed by atoms with Crippen molar-refractivity contribution in [3.63, 3.8) is 0 Å². The van der Waals surface area contributed by atoms with E-state index in [0.29, 0.717) is 18.3 Å². The Balaban J connectivity index is 3.97. The molecule has 0 aromatic carbocycles. The van der Waals surface area contributed by atoms with Gasteiger partial charge in [-0.15, -0.1) is 0 Å². The van der Waals surface area contributed by atoms with Crippen LogP contribution in [0.1, 0.15) is 47.0 Å². The van der Waals surface area contributed by atoms with Gasteiger partial charge in [0.25, 0.3) is 0 Å². The standard InChI is InChI=1S/C11H21F3/c1-5-10(11(12,13)14)7-6-9(4)8(2)3/h8-10H,5-7H2,1-4H3. The molecule has 0 aromatic heterocycles. The van der Waals surface area contributed by atoms with Crippen LogP contribution in [0.4, 0.5) is 13.2 Å². The third-order valence-corrected chi connectivity index (χ3v) is 3.06. The Morgan fingerprint density at radius 1 is 1.00 bits per heavy atom. The molecule has 0 aliphatic heterocycles. The highest BCUT2D eigenvalue weighted by molar-refractivity contribution is 4.68. The molecule has 86 valence electrons. The molecule has 2 atom stereocenters. The van der Waals surface area contributed by atoms with E-state index in [-0.39, 0.29) is 12.8 Å². The van der Waals surface area contributed by atoms with E-state index in [2.05, 4.69) is 13.8 Å². The van der Waals surface area contributed by atoms with Crippen LogP contribution in [0.25, 0.3) is 0 Å². The summed E-state index contributed by atoms with van der Waals surface area (Å²) >= 11 is 0. The van der Waals surface area contributed by atoms with E-state index in [1.54, 1.807) is 6.92 Å². The number of alkyl halides is 3. The summed E-state index contributed by atoms with van der Waals surface area (Å²) in [6, 6.07) is 0. The molecule has 0 amide bonds. The average Bonchev–Trinajstić information content (AvgIpc) is 2.02. The van der Waals surface area contributed by atoms with E-state index in [0.717, 1.165) is 0 Å². The molecule has 0 aliphatic rings. The molecule has 0 spiro atoms. The van der Waals surface area contributed by atoms with Crippen LogP contribution >= 0.6 is 0 Å². The van der Waals surface area contributed by atoms with Crippen LogP contribution < -0.4 is 0 Å². The largest absolute Gasteiger partial charge is 0.391 e. The molecule has 0 nitrogen and oxygen atoms in total. The van der Waals surface area contributed by atoms with Crippen molar-refractivity contribution in [2.45, 2.75) is 53.1 Å². The van der Waals surface area contributed by atoms with Crippen molar-refractivity contribution in [1.82, 2.24) is 0 Å². The topological polar surface area (TPSA) is 0 Å². The molecule has 0 saturated heterocycles. The molecule has 2 unspecified atom stereocenters. The maximum Gasteiger partial charge on any atom is 0.391 e. The lowest BCUT2D eigenvalue weighted by atomic mass is 9.88. The molecule has 0 saturated carbocycles. The second-order valence-corrected chi connectivity index (χ2v) is 4.45. The van der Waals surface area contributed by atoms with Crippen molar-refractivity contribution in [3.05, 3.63) is 0 Å². The quantitative estimate of drug-likeness (QED) is 0.619. The molecule has 0 bridgehead atoms. The van der Waals surface area contributed by atoms with Crippen LogP contribution in [0.5, 0.6) is 0 Å². The minimum atomic E-state index is -4.01. The Kier molecular flexibility index (Phi) is 5.53. The number of halogens is 3. The van der Waals surface area contributed by atoms with E-state index >= 15 is 0 Å². The van der Waals surface area contributed by atoms with Gasteiger partial charge in [-0.25, -0.2) is 0 Å². The van der Waals surface area contributed by atoms with Gasteiger partial charge in [0.15, 0.2) is 0 Å². The minimum absolute atomic E-state index is 0.203. The summed E-state index contributed by atoms with van der Waals surface area (Å²) in [5, 5.41) is 0. The summed E-state index contributed by atoms with van der Waals surface area (Å²) in [5.41, 5.74) is 0. The van der Waals surface area contributed by atoms with Crippen LogP contribution in [0.15, 0.2) is 0 Å². The Hall–Kier alpha value is -0.210. The van der Waals surface area contributed by atoms with Gasteiger partial charge in [-0.1, -0.05) is 27.7 Å². The molecule has 14 heavy (non-hydrogen) atoms. The van der Waals surface area contributed by atoms with Gasteiger partial charge in [-0.3, -0.25) is 0 Å². The van der Waals surface area contributed by atoms with Crippen molar-refractivity contribution < 1.29 is 13.2 Å². The van der Waals surface area contributed by atoms with Crippen molar-refractivity contribution >= 4 is 0 Å². The zero-order chi connectivity index (χ0) is 11.4. The normalized spacial score (nSPS) is 17.1. The highest BCUT2D eigenvalue weighted by Crippen LogP contribution is 2.33. The lowest BCUT2D eigenvalue weighted by Crippen LogP contribution is -2.23. The predicted octanol–water partition coefficient (Wildman–Crippen LogP) is 4.65. The highest BCUT2D eigenvalue weighted by Gasteiger charge is 2.37. The summed E-state index contributed by atoms with van der Waals surface area (Å²) in [6.45, 7) is 7.74. The average molecular weight is 210 g/mol. The predicted molar refractivity (Wildman–Crippen MR) is 53.1 cm³/mol. The second kappa shape index (κ2) is 5.62. The maximum atomic E-state index is 12.4. The zero-order valence-electron chi connectivity index (χ0n) is 9.49. The van der Waals surface area contributed by atoms with E-state index in [9.17, 15) is 13.2 Å². The first-order chi connectivity index (χ1) is 6.29. The fourth-order valence-corrected chi connectivity index (χ4v) is 1.40. The van der Waals surface area contributed by atoms with Crippen molar-refractivity contribution in [1.29, 1.82) is 0 Å². The summed E-state index contributed by atoms with van der Waals surface area (Å²) in [5.74, 6) is -0.254.